The number of anilines is 1. The van der Waals surface area contributed by atoms with Gasteiger partial charge in [0, 0.05) is 67.6 Å². The zero-order chi connectivity index (χ0) is 36.0. The molecule has 4 atom stereocenters. The zero-order valence-electron chi connectivity index (χ0n) is 29.8. The van der Waals surface area contributed by atoms with Gasteiger partial charge in [-0.25, -0.2) is 9.52 Å². The predicted octanol–water partition coefficient (Wildman–Crippen LogP) is 2.99. The fourth-order valence-electron chi connectivity index (χ4n) is 9.35. The second kappa shape index (κ2) is 12.3. The highest BCUT2D eigenvalue weighted by atomic mass is 32.2. The van der Waals surface area contributed by atoms with E-state index < -0.39 is 21.7 Å². The maximum absolute atomic E-state index is 13.8. The molecular formula is C37H45N5O8S. The van der Waals surface area contributed by atoms with E-state index in [4.69, 9.17) is 13.9 Å². The van der Waals surface area contributed by atoms with E-state index in [0.717, 1.165) is 73.1 Å². The van der Waals surface area contributed by atoms with Crippen LogP contribution in [0.4, 0.5) is 5.69 Å². The summed E-state index contributed by atoms with van der Waals surface area (Å²) in [7, 11) is 1.16. The molecule has 3 aliphatic heterocycles. The number of amides is 2. The Morgan fingerprint density at radius 1 is 1.08 bits per heavy atom. The molecule has 2 aromatic carbocycles. The molecular weight excluding hydrogens is 675 g/mol. The molecule has 5 aliphatic rings. The molecule has 3 aromatic rings. The summed E-state index contributed by atoms with van der Waals surface area (Å²) in [4.78, 5) is 46.8. The van der Waals surface area contributed by atoms with Crippen LogP contribution in [-0.2, 0) is 27.9 Å². The number of aryl methyl sites for hydroxylation is 2. The van der Waals surface area contributed by atoms with Crippen molar-refractivity contribution in [3.8, 4) is 5.75 Å². The second-order valence-electron chi connectivity index (χ2n) is 15.1. The number of methoxy groups -OCH3 is 2. The van der Waals surface area contributed by atoms with Gasteiger partial charge in [-0.3, -0.25) is 14.5 Å². The number of ether oxygens (including phenoxy) is 2. The average molecular weight is 720 g/mol. The lowest BCUT2D eigenvalue weighted by molar-refractivity contribution is 0.0732. The topological polar surface area (TPSA) is 142 Å². The molecule has 14 heteroatoms. The SMILES string of the molecule is COC[C@H]1CN(c2cc(C)c3c4c(c(=O)oc3c2C)CN(C(=O)c2ccc(C(=O)NS(=O)(=O)N3C5CCC6(C5)CC36)c(OC)c2)CC4)CCN1C. The quantitative estimate of drug-likeness (QED) is 0.346. The van der Waals surface area contributed by atoms with Crippen LogP contribution in [0.1, 0.15) is 68.7 Å². The number of piperazine rings is 1. The van der Waals surface area contributed by atoms with Crippen LogP contribution in [0.15, 0.2) is 33.5 Å². The molecule has 8 rings (SSSR count). The van der Waals surface area contributed by atoms with E-state index in [1.807, 2.05) is 13.8 Å². The van der Waals surface area contributed by atoms with E-state index in [2.05, 4.69) is 27.6 Å². The van der Waals surface area contributed by atoms with Gasteiger partial charge in [-0.15, -0.1) is 0 Å². The Kier molecular flexibility index (Phi) is 8.24. The molecule has 2 bridgehead atoms. The van der Waals surface area contributed by atoms with Crippen LogP contribution >= 0.6 is 0 Å². The van der Waals surface area contributed by atoms with Crippen LogP contribution in [0, 0.1) is 19.3 Å². The molecule has 13 nitrogen and oxygen atoms in total. The van der Waals surface area contributed by atoms with Crippen LogP contribution in [0.25, 0.3) is 11.0 Å². The molecule has 3 unspecified atom stereocenters. The van der Waals surface area contributed by atoms with Crippen molar-refractivity contribution < 1.29 is 31.9 Å². The van der Waals surface area contributed by atoms with E-state index in [9.17, 15) is 22.8 Å². The molecule has 2 saturated carbocycles. The van der Waals surface area contributed by atoms with Crippen LogP contribution in [0.2, 0.25) is 0 Å². The van der Waals surface area contributed by atoms with Crippen LogP contribution in [-0.4, -0.2) is 107 Å². The highest BCUT2D eigenvalue weighted by molar-refractivity contribution is 7.87. The molecule has 4 fully saturated rings. The Balaban J connectivity index is 1.01. The molecule has 1 aromatic heterocycles. The lowest BCUT2D eigenvalue weighted by Gasteiger charge is -2.41. The van der Waals surface area contributed by atoms with Crippen LogP contribution < -0.4 is 20.0 Å². The van der Waals surface area contributed by atoms with Gasteiger partial charge in [-0.05, 0) is 93.8 Å². The van der Waals surface area contributed by atoms with Crippen LogP contribution in [0.3, 0.4) is 0 Å². The third kappa shape index (κ3) is 5.53. The Bertz CT molecular complexity index is 2130. The Hall–Kier alpha value is -3.98. The van der Waals surface area contributed by atoms with Crippen molar-refractivity contribution in [1.82, 2.24) is 18.8 Å². The maximum atomic E-state index is 13.8. The smallest absolute Gasteiger partial charge is 0.341 e. The maximum Gasteiger partial charge on any atom is 0.341 e. The first-order chi connectivity index (χ1) is 24.4. The van der Waals surface area contributed by atoms with Crippen molar-refractivity contribution in [3.05, 3.63) is 68.1 Å². The van der Waals surface area contributed by atoms with E-state index in [1.54, 1.807) is 12.0 Å². The van der Waals surface area contributed by atoms with Crippen molar-refractivity contribution >= 4 is 38.7 Å². The number of piperidine rings is 2. The van der Waals surface area contributed by atoms with Gasteiger partial charge in [0.1, 0.15) is 11.3 Å². The Morgan fingerprint density at radius 3 is 2.61 bits per heavy atom. The average Bonchev–Trinajstić information content (AvgIpc) is 3.54. The Morgan fingerprint density at radius 2 is 1.88 bits per heavy atom. The number of carbonyl (C=O) groups is 2. The highest BCUT2D eigenvalue weighted by Crippen LogP contribution is 2.68. The number of fused-ring (bicyclic) bond motifs is 4. The van der Waals surface area contributed by atoms with Crippen molar-refractivity contribution in [2.24, 2.45) is 5.41 Å². The van der Waals surface area contributed by atoms with E-state index >= 15 is 0 Å². The number of nitrogens with one attached hydrogen (secondary N) is 1. The fourth-order valence-corrected chi connectivity index (χ4v) is 11.0. The van der Waals surface area contributed by atoms with Gasteiger partial charge in [0.2, 0.25) is 0 Å². The Labute approximate surface area is 297 Å². The summed E-state index contributed by atoms with van der Waals surface area (Å²) in [5, 5.41) is 0.922. The fraction of sp³-hybridized carbons (Fsp3) is 0.541. The third-order valence-electron chi connectivity index (χ3n) is 12.2. The number of likely N-dealkylation sites (N-methyl/N-ethyl adjacent to an activating group) is 1. The number of hydrogen-bond acceptors (Lipinski definition) is 10. The molecule has 1 N–H and O–H groups in total. The summed E-state index contributed by atoms with van der Waals surface area (Å²) in [6.45, 7) is 7.68. The molecule has 2 aliphatic carbocycles. The summed E-state index contributed by atoms with van der Waals surface area (Å²) in [6.07, 6.45) is 4.05. The third-order valence-corrected chi connectivity index (χ3v) is 13.7. The highest BCUT2D eigenvalue weighted by Gasteiger charge is 2.70. The molecule has 0 radical (unpaired) electrons. The zero-order valence-corrected chi connectivity index (χ0v) is 30.6. The lowest BCUT2D eigenvalue weighted by atomic mass is 9.92. The molecule has 272 valence electrons. The van der Waals surface area contributed by atoms with Gasteiger partial charge in [0.25, 0.3) is 11.8 Å². The first-order valence-corrected chi connectivity index (χ1v) is 19.2. The van der Waals surface area contributed by atoms with E-state index in [1.165, 1.54) is 29.6 Å². The van der Waals surface area contributed by atoms with Crippen molar-refractivity contribution in [2.75, 3.05) is 59.0 Å². The van der Waals surface area contributed by atoms with Gasteiger partial charge in [-0.1, -0.05) is 0 Å². The monoisotopic (exact) mass is 719 g/mol. The molecule has 51 heavy (non-hydrogen) atoms. The molecule has 4 heterocycles. The normalized spacial score (nSPS) is 25.9. The van der Waals surface area contributed by atoms with E-state index in [-0.39, 0.29) is 52.9 Å². The summed E-state index contributed by atoms with van der Waals surface area (Å²) < 4.78 is 47.2. The van der Waals surface area contributed by atoms with Gasteiger partial charge >= 0.3 is 15.8 Å². The minimum absolute atomic E-state index is 0.0135. The first-order valence-electron chi connectivity index (χ1n) is 17.7. The summed E-state index contributed by atoms with van der Waals surface area (Å²) in [6, 6.07) is 6.68. The minimum Gasteiger partial charge on any atom is -0.496 e. The number of hydrogen-bond donors (Lipinski definition) is 1. The number of rotatable bonds is 8. The molecule has 2 amide bonds. The summed E-state index contributed by atoms with van der Waals surface area (Å²) >= 11 is 0. The second-order valence-corrected chi connectivity index (χ2v) is 16.6. The number of benzene rings is 2. The van der Waals surface area contributed by atoms with E-state index in [0.29, 0.717) is 30.7 Å². The van der Waals surface area contributed by atoms with Crippen LogP contribution in [0.5, 0.6) is 5.75 Å². The van der Waals surface area contributed by atoms with Crippen molar-refractivity contribution in [3.63, 3.8) is 0 Å². The lowest BCUT2D eigenvalue weighted by Crippen LogP contribution is -2.53. The largest absolute Gasteiger partial charge is 0.496 e. The number of carbonyl (C=O) groups excluding carboxylic acids is 2. The first kappa shape index (κ1) is 34.1. The summed E-state index contributed by atoms with van der Waals surface area (Å²) in [5.41, 5.74) is 4.85. The summed E-state index contributed by atoms with van der Waals surface area (Å²) in [5.74, 6) is -1.07. The van der Waals surface area contributed by atoms with Gasteiger partial charge in [0.05, 0.1) is 37.4 Å². The molecule has 1 spiro atoms. The number of nitrogens with zero attached hydrogens (tertiary/aromatic N) is 4. The van der Waals surface area contributed by atoms with Crippen molar-refractivity contribution in [1.29, 1.82) is 0 Å². The predicted molar refractivity (Wildman–Crippen MR) is 191 cm³/mol. The van der Waals surface area contributed by atoms with Gasteiger partial charge < -0.3 is 23.7 Å². The standard InChI is InChI=1S/C37H45N5O8S/c1-21-14-29(40-13-12-39(3)25(18-40)20-48-4)22(2)33-32(21)26-9-11-41(19-28(26)36(45)50-33)35(44)23-6-7-27(30(15-23)49-5)34(43)38-51(46,47)42-24-8-10-37(16-24)17-31(37)42/h6-7,14-15,24-25,31H,8-13,16-20H2,1-5H3,(H,38,43)/t24?,25-,31?,37?/m1/s1. The molecule has 2 saturated heterocycles. The van der Waals surface area contributed by atoms with Gasteiger partial charge in [0.15, 0.2) is 0 Å². The minimum atomic E-state index is -4.03. The van der Waals surface area contributed by atoms with Gasteiger partial charge in [-0.2, -0.15) is 12.7 Å². The van der Waals surface area contributed by atoms with Crippen molar-refractivity contribution in [2.45, 2.75) is 70.6 Å².